The number of para-hydroxylation sites is 1. The van der Waals surface area contributed by atoms with Crippen molar-refractivity contribution in [1.29, 1.82) is 0 Å². The second-order valence-electron chi connectivity index (χ2n) is 5.27. The topological polar surface area (TPSA) is 59.9 Å². The molecule has 2 aromatic rings. The van der Waals surface area contributed by atoms with Gasteiger partial charge in [-0.05, 0) is 55.1 Å². The van der Waals surface area contributed by atoms with Crippen LogP contribution in [0.3, 0.4) is 0 Å². The van der Waals surface area contributed by atoms with Gasteiger partial charge in [0.15, 0.2) is 16.7 Å². The molecular weight excluding hydrogens is 355 g/mol. The third kappa shape index (κ3) is 4.05. The lowest BCUT2D eigenvalue weighted by Crippen LogP contribution is -2.19. The van der Waals surface area contributed by atoms with Crippen LogP contribution in [0.4, 0.5) is 10.1 Å². The molecule has 1 aliphatic heterocycles. The van der Waals surface area contributed by atoms with Crippen LogP contribution in [0.5, 0.6) is 11.5 Å². The van der Waals surface area contributed by atoms with Crippen molar-refractivity contribution in [2.45, 2.75) is 6.92 Å². The molecule has 0 bridgehead atoms. The van der Waals surface area contributed by atoms with Gasteiger partial charge in [0.05, 0.1) is 24.3 Å². The first-order chi connectivity index (χ1) is 12.6. The molecule has 1 N–H and O–H groups in total. The fourth-order valence-electron chi connectivity index (χ4n) is 2.39. The smallest absolute Gasteiger partial charge is 0.264 e. The van der Waals surface area contributed by atoms with Crippen LogP contribution in [0.1, 0.15) is 12.5 Å². The molecule has 1 amide bonds. The van der Waals surface area contributed by atoms with E-state index in [4.69, 9.17) is 9.47 Å². The number of hydrogen-bond acceptors (Lipinski definition) is 5. The quantitative estimate of drug-likeness (QED) is 0.802. The first-order valence-corrected chi connectivity index (χ1v) is 8.77. The zero-order valence-electron chi connectivity index (χ0n) is 14.3. The maximum Gasteiger partial charge on any atom is 0.264 e. The molecule has 0 unspecified atom stereocenters. The number of nitrogens with one attached hydrogen (secondary N) is 1. The Balaban J connectivity index is 1.87. The number of amides is 1. The molecular formula is C19H17FN2O3S. The molecule has 1 saturated heterocycles. The normalized spacial score (nSPS) is 16.8. The Morgan fingerprint density at radius 1 is 1.23 bits per heavy atom. The summed E-state index contributed by atoms with van der Waals surface area (Å²) in [7, 11) is 1.56. The van der Waals surface area contributed by atoms with Crippen molar-refractivity contribution < 1.29 is 18.7 Å². The molecule has 1 fully saturated rings. The number of methoxy groups -OCH3 is 1. The van der Waals surface area contributed by atoms with Crippen molar-refractivity contribution in [3.8, 4) is 11.5 Å². The predicted molar refractivity (Wildman–Crippen MR) is 101 cm³/mol. The second kappa shape index (κ2) is 8.05. The van der Waals surface area contributed by atoms with Crippen LogP contribution >= 0.6 is 11.8 Å². The van der Waals surface area contributed by atoms with Crippen molar-refractivity contribution >= 4 is 34.6 Å². The summed E-state index contributed by atoms with van der Waals surface area (Å²) in [4.78, 5) is 17.0. The number of halogens is 1. The molecule has 3 rings (SSSR count). The van der Waals surface area contributed by atoms with Gasteiger partial charge in [0, 0.05) is 5.56 Å². The number of carbonyl (C=O) groups excluding carboxylic acids is 1. The maximum atomic E-state index is 13.0. The van der Waals surface area contributed by atoms with E-state index in [0.29, 0.717) is 33.9 Å². The monoisotopic (exact) mass is 372 g/mol. The summed E-state index contributed by atoms with van der Waals surface area (Å²) >= 11 is 1.21. The van der Waals surface area contributed by atoms with Crippen LogP contribution in [0, 0.1) is 5.82 Å². The average Bonchev–Trinajstić information content (AvgIpc) is 2.97. The third-order valence-electron chi connectivity index (χ3n) is 3.51. The standard InChI is InChI=1S/C19H17FN2O3S/c1-3-25-15-6-4-5-12(17(15)24-2)11-16-18(23)22-19(26-16)21-14-9-7-13(20)8-10-14/h4-11H,3H2,1-2H3,(H,21,22,23). The molecule has 0 atom stereocenters. The molecule has 1 heterocycles. The lowest BCUT2D eigenvalue weighted by molar-refractivity contribution is -0.115. The minimum absolute atomic E-state index is 0.250. The number of aliphatic imine (C=N–C) groups is 1. The van der Waals surface area contributed by atoms with E-state index in [0.717, 1.165) is 5.56 Å². The first kappa shape index (κ1) is 18.0. The molecule has 0 saturated carbocycles. The van der Waals surface area contributed by atoms with Crippen LogP contribution in [0.25, 0.3) is 6.08 Å². The highest BCUT2D eigenvalue weighted by Crippen LogP contribution is 2.35. The van der Waals surface area contributed by atoms with Gasteiger partial charge in [-0.3, -0.25) is 4.79 Å². The molecule has 0 aromatic heterocycles. The van der Waals surface area contributed by atoms with Crippen LogP contribution in [0.15, 0.2) is 52.4 Å². The molecule has 5 nitrogen and oxygen atoms in total. The van der Waals surface area contributed by atoms with Gasteiger partial charge in [0.1, 0.15) is 5.82 Å². The Hall–Kier alpha value is -2.80. The summed E-state index contributed by atoms with van der Waals surface area (Å²) in [6.45, 7) is 2.41. The number of rotatable bonds is 5. The highest BCUT2D eigenvalue weighted by molar-refractivity contribution is 8.18. The number of ether oxygens (including phenoxy) is 2. The van der Waals surface area contributed by atoms with Crippen molar-refractivity contribution in [2.75, 3.05) is 13.7 Å². The largest absolute Gasteiger partial charge is 0.492 e. The van der Waals surface area contributed by atoms with Crippen molar-refractivity contribution in [2.24, 2.45) is 4.99 Å². The van der Waals surface area contributed by atoms with Gasteiger partial charge >= 0.3 is 0 Å². The Morgan fingerprint density at radius 3 is 2.69 bits per heavy atom. The Morgan fingerprint density at radius 2 is 2.00 bits per heavy atom. The highest BCUT2D eigenvalue weighted by Gasteiger charge is 2.24. The van der Waals surface area contributed by atoms with Crippen molar-refractivity contribution in [3.63, 3.8) is 0 Å². The van der Waals surface area contributed by atoms with E-state index in [9.17, 15) is 9.18 Å². The van der Waals surface area contributed by atoms with Crippen LogP contribution in [-0.2, 0) is 4.79 Å². The molecule has 1 aliphatic rings. The fourth-order valence-corrected chi connectivity index (χ4v) is 3.22. The van der Waals surface area contributed by atoms with E-state index in [-0.39, 0.29) is 11.7 Å². The Bertz CT molecular complexity index is 879. The number of thioether (sulfide) groups is 1. The van der Waals surface area contributed by atoms with Gasteiger partial charge in [0.2, 0.25) is 0 Å². The zero-order chi connectivity index (χ0) is 18.5. The summed E-state index contributed by atoms with van der Waals surface area (Å²) in [5, 5.41) is 3.14. The van der Waals surface area contributed by atoms with Crippen LogP contribution < -0.4 is 14.8 Å². The second-order valence-corrected chi connectivity index (χ2v) is 6.30. The summed E-state index contributed by atoms with van der Waals surface area (Å²) in [5.41, 5.74) is 1.30. The van der Waals surface area contributed by atoms with Gasteiger partial charge in [-0.1, -0.05) is 12.1 Å². The van der Waals surface area contributed by atoms with Gasteiger partial charge in [-0.15, -0.1) is 0 Å². The highest BCUT2D eigenvalue weighted by atomic mass is 32.2. The van der Waals surface area contributed by atoms with E-state index in [2.05, 4.69) is 10.3 Å². The molecule has 134 valence electrons. The van der Waals surface area contributed by atoms with Crippen LogP contribution in [0.2, 0.25) is 0 Å². The lowest BCUT2D eigenvalue weighted by Gasteiger charge is -2.11. The van der Waals surface area contributed by atoms with Gasteiger partial charge in [-0.2, -0.15) is 0 Å². The van der Waals surface area contributed by atoms with Crippen molar-refractivity contribution in [3.05, 3.63) is 58.8 Å². The molecule has 2 aromatic carbocycles. The summed E-state index contributed by atoms with van der Waals surface area (Å²) < 4.78 is 24.0. The van der Waals surface area contributed by atoms with Gasteiger partial charge in [0.25, 0.3) is 5.91 Å². The van der Waals surface area contributed by atoms with E-state index in [1.165, 1.54) is 23.9 Å². The van der Waals surface area contributed by atoms with Crippen LogP contribution in [-0.4, -0.2) is 24.8 Å². The predicted octanol–water partition coefficient (Wildman–Crippen LogP) is 4.12. The zero-order valence-corrected chi connectivity index (χ0v) is 15.1. The summed E-state index contributed by atoms with van der Waals surface area (Å²) in [6, 6.07) is 11.2. The number of carbonyl (C=O) groups is 1. The van der Waals surface area contributed by atoms with Gasteiger partial charge < -0.3 is 14.8 Å². The minimum Gasteiger partial charge on any atom is -0.492 e. The third-order valence-corrected chi connectivity index (χ3v) is 4.42. The maximum absolute atomic E-state index is 13.0. The SMILES string of the molecule is CCOc1cccc(C=C2SC(=Nc3ccc(F)cc3)NC2=O)c1OC. The fraction of sp³-hybridized carbons (Fsp3) is 0.158. The van der Waals surface area contributed by atoms with E-state index in [1.54, 1.807) is 25.3 Å². The molecule has 26 heavy (non-hydrogen) atoms. The molecule has 0 spiro atoms. The number of nitrogens with zero attached hydrogens (tertiary/aromatic N) is 1. The van der Waals surface area contributed by atoms with Gasteiger partial charge in [-0.25, -0.2) is 9.38 Å². The Kier molecular flexibility index (Phi) is 5.58. The van der Waals surface area contributed by atoms with E-state index in [1.807, 2.05) is 25.1 Å². The summed E-state index contributed by atoms with van der Waals surface area (Å²) in [6.07, 6.45) is 1.73. The molecule has 7 heteroatoms. The van der Waals surface area contributed by atoms with Crippen molar-refractivity contribution in [1.82, 2.24) is 5.32 Å². The number of amidine groups is 1. The Labute approximate surface area is 154 Å². The average molecular weight is 372 g/mol. The van der Waals surface area contributed by atoms with E-state index >= 15 is 0 Å². The number of benzene rings is 2. The lowest BCUT2D eigenvalue weighted by atomic mass is 10.1. The molecule has 0 radical (unpaired) electrons. The molecule has 0 aliphatic carbocycles. The summed E-state index contributed by atoms with van der Waals surface area (Å²) in [5.74, 6) is 0.603. The minimum atomic E-state index is -0.334. The number of hydrogen-bond donors (Lipinski definition) is 1. The van der Waals surface area contributed by atoms with E-state index < -0.39 is 0 Å². The first-order valence-electron chi connectivity index (χ1n) is 7.95.